The molecule has 1 amide bonds. The van der Waals surface area contributed by atoms with Crippen LogP contribution in [0.3, 0.4) is 0 Å². The summed E-state index contributed by atoms with van der Waals surface area (Å²) in [4.78, 5) is 14.7. The molecule has 1 aromatic rings. The lowest BCUT2D eigenvalue weighted by Gasteiger charge is -2.24. The first kappa shape index (κ1) is 13.9. The summed E-state index contributed by atoms with van der Waals surface area (Å²) < 4.78 is 0. The van der Waals surface area contributed by atoms with Crippen LogP contribution in [-0.4, -0.2) is 35.1 Å². The van der Waals surface area contributed by atoms with Crippen molar-refractivity contribution in [2.24, 2.45) is 5.92 Å². The molecule has 2 aliphatic rings. The molecule has 1 saturated carbocycles. The quantitative estimate of drug-likeness (QED) is 0.930. The van der Waals surface area contributed by atoms with Crippen LogP contribution in [0.5, 0.6) is 0 Å². The van der Waals surface area contributed by atoms with Crippen molar-refractivity contribution >= 4 is 17.5 Å². The van der Waals surface area contributed by atoms with Crippen LogP contribution in [0.1, 0.15) is 31.7 Å². The van der Waals surface area contributed by atoms with Crippen LogP contribution in [0.25, 0.3) is 0 Å². The Balaban J connectivity index is 1.78. The molecule has 2 atom stereocenters. The molecule has 1 aliphatic heterocycles. The van der Waals surface area contributed by atoms with E-state index in [9.17, 15) is 9.90 Å². The van der Waals surface area contributed by atoms with Crippen LogP contribution < -0.4 is 0 Å². The number of aliphatic hydroxyl groups is 1. The number of aliphatic hydroxyl groups excluding tert-OH is 1. The molecule has 4 heteroatoms. The fourth-order valence-corrected chi connectivity index (χ4v) is 3.40. The van der Waals surface area contributed by atoms with E-state index in [1.165, 1.54) is 0 Å². The van der Waals surface area contributed by atoms with Gasteiger partial charge >= 0.3 is 0 Å². The molecule has 0 aromatic heterocycles. The Bertz CT molecular complexity index is 525. The SMILES string of the molecule is CC(O)C1CCN(C(=O)C2(c3cccc(Cl)c3)CC2)C1. The number of hydrogen-bond donors (Lipinski definition) is 1. The molecule has 3 rings (SSSR count). The van der Waals surface area contributed by atoms with Gasteiger partial charge in [0, 0.05) is 24.0 Å². The Morgan fingerprint density at radius 2 is 2.25 bits per heavy atom. The Morgan fingerprint density at radius 3 is 2.80 bits per heavy atom. The Morgan fingerprint density at radius 1 is 1.50 bits per heavy atom. The highest BCUT2D eigenvalue weighted by Gasteiger charge is 2.53. The summed E-state index contributed by atoms with van der Waals surface area (Å²) in [5.74, 6) is 0.428. The molecule has 0 radical (unpaired) electrons. The Labute approximate surface area is 124 Å². The largest absolute Gasteiger partial charge is 0.393 e. The van der Waals surface area contributed by atoms with E-state index in [1.807, 2.05) is 36.1 Å². The van der Waals surface area contributed by atoms with Gasteiger partial charge in [-0.05, 0) is 43.9 Å². The second-order valence-corrected chi connectivity index (χ2v) is 6.57. The molecular weight excluding hydrogens is 274 g/mol. The van der Waals surface area contributed by atoms with Gasteiger partial charge in [-0.1, -0.05) is 23.7 Å². The van der Waals surface area contributed by atoms with E-state index in [0.717, 1.165) is 31.4 Å². The zero-order chi connectivity index (χ0) is 14.3. The Kier molecular flexibility index (Phi) is 3.51. The maximum atomic E-state index is 12.8. The fourth-order valence-electron chi connectivity index (χ4n) is 3.21. The molecule has 1 aromatic carbocycles. The van der Waals surface area contributed by atoms with Crippen LogP contribution in [0.2, 0.25) is 5.02 Å². The number of carbonyl (C=O) groups excluding carboxylic acids is 1. The minimum Gasteiger partial charge on any atom is -0.393 e. The van der Waals surface area contributed by atoms with E-state index in [1.54, 1.807) is 0 Å². The van der Waals surface area contributed by atoms with Crippen molar-refractivity contribution < 1.29 is 9.90 Å². The van der Waals surface area contributed by atoms with E-state index in [2.05, 4.69) is 0 Å². The fraction of sp³-hybridized carbons (Fsp3) is 0.562. The molecule has 1 N–H and O–H groups in total. The van der Waals surface area contributed by atoms with Gasteiger partial charge in [0.15, 0.2) is 0 Å². The molecular formula is C16H20ClNO2. The Hall–Kier alpha value is -1.06. The summed E-state index contributed by atoms with van der Waals surface area (Å²) >= 11 is 6.05. The van der Waals surface area contributed by atoms with Crippen LogP contribution in [-0.2, 0) is 10.2 Å². The molecule has 2 unspecified atom stereocenters. The number of nitrogens with zero attached hydrogens (tertiary/aromatic N) is 1. The molecule has 20 heavy (non-hydrogen) atoms. The van der Waals surface area contributed by atoms with Crippen molar-refractivity contribution in [3.63, 3.8) is 0 Å². The summed E-state index contributed by atoms with van der Waals surface area (Å²) in [5, 5.41) is 10.4. The van der Waals surface area contributed by atoms with Gasteiger partial charge in [-0.15, -0.1) is 0 Å². The normalized spacial score (nSPS) is 25.6. The van der Waals surface area contributed by atoms with Gasteiger partial charge in [-0.25, -0.2) is 0 Å². The van der Waals surface area contributed by atoms with Gasteiger partial charge in [0.25, 0.3) is 0 Å². The lowest BCUT2D eigenvalue weighted by Crippen LogP contribution is -2.38. The summed E-state index contributed by atoms with van der Waals surface area (Å²) in [6, 6.07) is 7.66. The lowest BCUT2D eigenvalue weighted by molar-refractivity contribution is -0.133. The van der Waals surface area contributed by atoms with E-state index in [0.29, 0.717) is 11.6 Å². The summed E-state index contributed by atoms with van der Waals surface area (Å²) in [6.07, 6.45) is 2.37. The molecule has 2 fully saturated rings. The number of halogens is 1. The summed E-state index contributed by atoms with van der Waals surface area (Å²) in [6.45, 7) is 3.25. The third-order valence-electron chi connectivity index (χ3n) is 4.73. The van der Waals surface area contributed by atoms with E-state index in [4.69, 9.17) is 11.6 Å². The first-order valence-electron chi connectivity index (χ1n) is 7.26. The van der Waals surface area contributed by atoms with Crippen molar-refractivity contribution in [1.82, 2.24) is 4.90 Å². The highest BCUT2D eigenvalue weighted by Crippen LogP contribution is 2.50. The van der Waals surface area contributed by atoms with Gasteiger partial charge in [0.2, 0.25) is 5.91 Å². The number of amides is 1. The first-order valence-corrected chi connectivity index (χ1v) is 7.64. The zero-order valence-corrected chi connectivity index (χ0v) is 12.4. The third kappa shape index (κ3) is 2.33. The maximum Gasteiger partial charge on any atom is 0.233 e. The first-order chi connectivity index (χ1) is 9.53. The lowest BCUT2D eigenvalue weighted by atomic mass is 9.94. The molecule has 0 bridgehead atoms. The number of likely N-dealkylation sites (tertiary alicyclic amines) is 1. The van der Waals surface area contributed by atoms with E-state index in [-0.39, 0.29) is 23.3 Å². The van der Waals surface area contributed by atoms with Crippen molar-refractivity contribution in [3.8, 4) is 0 Å². The van der Waals surface area contributed by atoms with Gasteiger partial charge < -0.3 is 10.0 Å². The van der Waals surface area contributed by atoms with Crippen LogP contribution in [0, 0.1) is 5.92 Å². The van der Waals surface area contributed by atoms with E-state index < -0.39 is 0 Å². The summed E-state index contributed by atoms with van der Waals surface area (Å²) in [7, 11) is 0. The van der Waals surface area contributed by atoms with Crippen molar-refractivity contribution in [3.05, 3.63) is 34.9 Å². The number of rotatable bonds is 3. The minimum atomic E-state index is -0.349. The van der Waals surface area contributed by atoms with Crippen LogP contribution >= 0.6 is 11.6 Å². The number of hydrogen-bond acceptors (Lipinski definition) is 2. The number of benzene rings is 1. The van der Waals surface area contributed by atoms with Crippen molar-refractivity contribution in [2.45, 2.75) is 37.7 Å². The smallest absolute Gasteiger partial charge is 0.233 e. The van der Waals surface area contributed by atoms with Gasteiger partial charge in [-0.2, -0.15) is 0 Å². The topological polar surface area (TPSA) is 40.5 Å². The van der Waals surface area contributed by atoms with Crippen molar-refractivity contribution in [2.75, 3.05) is 13.1 Å². The standard InChI is InChI=1S/C16H20ClNO2/c1-11(19)12-5-8-18(10-12)15(20)16(6-7-16)13-3-2-4-14(17)9-13/h2-4,9,11-12,19H,5-8,10H2,1H3. The molecule has 108 valence electrons. The molecule has 0 spiro atoms. The van der Waals surface area contributed by atoms with Crippen LogP contribution in [0.15, 0.2) is 24.3 Å². The van der Waals surface area contributed by atoms with Gasteiger partial charge in [0.1, 0.15) is 0 Å². The monoisotopic (exact) mass is 293 g/mol. The predicted octanol–water partition coefficient (Wildman–Crippen LogP) is 2.60. The second-order valence-electron chi connectivity index (χ2n) is 6.13. The summed E-state index contributed by atoms with van der Waals surface area (Å²) in [5.41, 5.74) is 0.689. The average Bonchev–Trinajstić information content (AvgIpc) is 3.08. The van der Waals surface area contributed by atoms with Gasteiger partial charge in [-0.3, -0.25) is 4.79 Å². The van der Waals surface area contributed by atoms with Crippen LogP contribution in [0.4, 0.5) is 0 Å². The average molecular weight is 294 g/mol. The van der Waals surface area contributed by atoms with E-state index >= 15 is 0 Å². The highest BCUT2D eigenvalue weighted by molar-refractivity contribution is 6.30. The van der Waals surface area contributed by atoms with Gasteiger partial charge in [0.05, 0.1) is 11.5 Å². The zero-order valence-electron chi connectivity index (χ0n) is 11.7. The molecule has 3 nitrogen and oxygen atoms in total. The minimum absolute atomic E-state index is 0.211. The molecule has 1 saturated heterocycles. The molecule has 1 aliphatic carbocycles. The molecule has 1 heterocycles. The highest BCUT2D eigenvalue weighted by atomic mass is 35.5. The maximum absolute atomic E-state index is 12.8. The third-order valence-corrected chi connectivity index (χ3v) is 4.97. The number of carbonyl (C=O) groups is 1. The van der Waals surface area contributed by atoms with Crippen molar-refractivity contribution in [1.29, 1.82) is 0 Å². The second kappa shape index (κ2) is 5.05. The predicted molar refractivity (Wildman–Crippen MR) is 78.7 cm³/mol.